The zero-order valence-corrected chi connectivity index (χ0v) is 20.9. The molecule has 1 amide bonds. The van der Waals surface area contributed by atoms with Crippen LogP contribution in [0, 0.1) is 0 Å². The summed E-state index contributed by atoms with van der Waals surface area (Å²) in [7, 11) is 0. The van der Waals surface area contributed by atoms with Crippen molar-refractivity contribution in [3.05, 3.63) is 53.1 Å². The molecule has 9 heteroatoms. The van der Waals surface area contributed by atoms with Crippen molar-refractivity contribution in [1.29, 1.82) is 0 Å². The summed E-state index contributed by atoms with van der Waals surface area (Å²) in [6.07, 6.45) is 1.97. The molecule has 1 saturated heterocycles. The third-order valence-electron chi connectivity index (χ3n) is 7.22. The average molecular weight is 496 g/mol. The Morgan fingerprint density at radius 2 is 1.97 bits per heavy atom. The van der Waals surface area contributed by atoms with Gasteiger partial charge in [0.25, 0.3) is 0 Å². The van der Waals surface area contributed by atoms with Crippen LogP contribution in [-0.4, -0.2) is 48.2 Å². The van der Waals surface area contributed by atoms with Crippen LogP contribution in [0.25, 0.3) is 0 Å². The van der Waals surface area contributed by atoms with E-state index < -0.39 is 22.7 Å². The zero-order valence-electron chi connectivity index (χ0n) is 20.0. The van der Waals surface area contributed by atoms with Crippen molar-refractivity contribution in [2.45, 2.75) is 66.5 Å². The van der Waals surface area contributed by atoms with Gasteiger partial charge in [-0.3, -0.25) is 9.59 Å². The second kappa shape index (κ2) is 9.13. The van der Waals surface area contributed by atoms with Crippen LogP contribution < -0.4 is 32.6 Å². The topological polar surface area (TPSA) is 145 Å². The third-order valence-corrected chi connectivity index (χ3v) is 8.67. The number of hydrogen-bond donors (Lipinski definition) is 5. The second-order valence-corrected chi connectivity index (χ2v) is 11.1. The number of Topliss-reactive ketones (excluding diaryl/α,β-unsaturated/α-hetero) is 1. The fourth-order valence-corrected chi connectivity index (χ4v) is 7.00. The molecule has 1 aliphatic carbocycles. The van der Waals surface area contributed by atoms with E-state index in [1.54, 1.807) is 6.07 Å². The summed E-state index contributed by atoms with van der Waals surface area (Å²) in [5, 5.41) is 5.93. The number of carbonyl (C=O) groups is 2. The molecule has 2 heterocycles. The lowest BCUT2D eigenvalue weighted by Gasteiger charge is -2.41. The summed E-state index contributed by atoms with van der Waals surface area (Å²) in [4.78, 5) is 28.0. The van der Waals surface area contributed by atoms with Gasteiger partial charge in [0.05, 0.1) is 17.4 Å². The Morgan fingerprint density at radius 3 is 2.63 bits per heavy atom. The molecule has 0 bridgehead atoms. The fourth-order valence-electron chi connectivity index (χ4n) is 5.54. The molecule has 2 aromatic carbocycles. The van der Waals surface area contributed by atoms with Gasteiger partial charge in [-0.25, -0.2) is 0 Å². The minimum absolute atomic E-state index is 0.0306. The number of rotatable bonds is 5. The maximum Gasteiger partial charge on any atom is 0.234 e. The third kappa shape index (κ3) is 4.00. The molecule has 0 radical (unpaired) electrons. The largest absolute Gasteiger partial charge is 0.491 e. The Labute approximate surface area is 209 Å². The summed E-state index contributed by atoms with van der Waals surface area (Å²) in [5.74, 6) is -0.205. The molecule has 0 aromatic heterocycles. The molecule has 0 saturated carbocycles. The summed E-state index contributed by atoms with van der Waals surface area (Å²) >= 11 is 1.39. The van der Waals surface area contributed by atoms with Crippen molar-refractivity contribution in [1.82, 2.24) is 10.6 Å². The van der Waals surface area contributed by atoms with Crippen LogP contribution in [0.15, 0.2) is 41.3 Å². The predicted molar refractivity (Wildman–Crippen MR) is 137 cm³/mol. The lowest BCUT2D eigenvalue weighted by molar-refractivity contribution is -0.126. The molecule has 5 unspecified atom stereocenters. The van der Waals surface area contributed by atoms with Gasteiger partial charge in [-0.15, -0.1) is 11.8 Å². The molecule has 5 rings (SSSR count). The Hall–Kier alpha value is -2.59. The predicted octanol–water partition coefficient (Wildman–Crippen LogP) is 1.59. The zero-order chi connectivity index (χ0) is 24.9. The summed E-state index contributed by atoms with van der Waals surface area (Å²) in [5.41, 5.74) is 21.1. The first-order valence-corrected chi connectivity index (χ1v) is 13.1. The van der Waals surface area contributed by atoms with Gasteiger partial charge in [0.1, 0.15) is 11.3 Å². The highest BCUT2D eigenvalue weighted by Gasteiger charge is 2.56. The number of piperidine rings is 1. The molecule has 35 heavy (non-hydrogen) atoms. The van der Waals surface area contributed by atoms with Crippen molar-refractivity contribution >= 4 is 29.1 Å². The number of benzene rings is 2. The SMILES string of the molecule is CC(C)Oc1ccc(C2(N)C(=O)C(N)C3c4c2ccc(N)c4SC3C(=O)NC2CCCNC2)cc1. The van der Waals surface area contributed by atoms with Gasteiger partial charge in [0.15, 0.2) is 5.78 Å². The highest BCUT2D eigenvalue weighted by atomic mass is 32.2. The van der Waals surface area contributed by atoms with E-state index in [1.807, 2.05) is 44.2 Å². The fraction of sp³-hybridized carbons (Fsp3) is 0.462. The first-order valence-electron chi connectivity index (χ1n) is 12.2. The highest BCUT2D eigenvalue weighted by Crippen LogP contribution is 2.56. The first kappa shape index (κ1) is 24.1. The number of nitrogens with one attached hydrogen (secondary N) is 2. The monoisotopic (exact) mass is 495 g/mol. The Kier molecular flexibility index (Phi) is 6.29. The quantitative estimate of drug-likeness (QED) is 0.393. The average Bonchev–Trinajstić information content (AvgIpc) is 3.25. The number of ketones is 1. The van der Waals surface area contributed by atoms with Gasteiger partial charge < -0.3 is 32.6 Å². The van der Waals surface area contributed by atoms with Gasteiger partial charge in [0, 0.05) is 29.1 Å². The Morgan fingerprint density at radius 1 is 1.23 bits per heavy atom. The van der Waals surface area contributed by atoms with Gasteiger partial charge in [0.2, 0.25) is 5.91 Å². The molecule has 8 nitrogen and oxygen atoms in total. The summed E-state index contributed by atoms with van der Waals surface area (Å²) < 4.78 is 5.75. The molecule has 3 aliphatic rings. The molecular weight excluding hydrogens is 462 g/mol. The van der Waals surface area contributed by atoms with Crippen LogP contribution in [-0.2, 0) is 15.1 Å². The number of nitrogen functional groups attached to an aromatic ring is 1. The van der Waals surface area contributed by atoms with Gasteiger partial charge in [-0.2, -0.15) is 0 Å². The van der Waals surface area contributed by atoms with E-state index in [4.69, 9.17) is 21.9 Å². The van der Waals surface area contributed by atoms with E-state index in [2.05, 4.69) is 10.6 Å². The summed E-state index contributed by atoms with van der Waals surface area (Å²) in [6.45, 7) is 5.60. The number of carbonyl (C=O) groups excluding carboxylic acids is 2. The lowest BCUT2D eigenvalue weighted by Crippen LogP contribution is -2.60. The van der Waals surface area contributed by atoms with Crippen molar-refractivity contribution in [3.8, 4) is 5.75 Å². The van der Waals surface area contributed by atoms with E-state index >= 15 is 0 Å². The summed E-state index contributed by atoms with van der Waals surface area (Å²) in [6, 6.07) is 9.97. The molecule has 8 N–H and O–H groups in total. The standard InChI is InChI=1S/C26H33N5O3S/c1-13(2)34-16-7-5-14(6-8-16)26(29)17-9-10-18(27)22-19(17)20(21(28)24(26)32)23(35-22)25(33)31-15-4-3-11-30-12-15/h5-10,13,15,20-21,23,30H,3-4,11-12,27-29H2,1-2H3,(H,31,33). The number of anilines is 1. The van der Waals surface area contributed by atoms with Crippen LogP contribution in [0.2, 0.25) is 0 Å². The molecule has 186 valence electrons. The number of nitrogens with two attached hydrogens (primary N) is 3. The van der Waals surface area contributed by atoms with E-state index in [1.165, 1.54) is 11.8 Å². The molecule has 2 aliphatic heterocycles. The van der Waals surface area contributed by atoms with Crippen LogP contribution >= 0.6 is 11.8 Å². The smallest absolute Gasteiger partial charge is 0.234 e. The van der Waals surface area contributed by atoms with Crippen LogP contribution in [0.5, 0.6) is 5.75 Å². The van der Waals surface area contributed by atoms with Crippen LogP contribution in [0.1, 0.15) is 49.3 Å². The van der Waals surface area contributed by atoms with Gasteiger partial charge >= 0.3 is 0 Å². The molecule has 1 fully saturated rings. The van der Waals surface area contributed by atoms with E-state index in [-0.39, 0.29) is 23.8 Å². The Balaban J connectivity index is 1.53. The van der Waals surface area contributed by atoms with E-state index in [0.29, 0.717) is 22.6 Å². The van der Waals surface area contributed by atoms with Gasteiger partial charge in [-0.1, -0.05) is 18.2 Å². The number of amides is 1. The lowest BCUT2D eigenvalue weighted by atomic mass is 9.65. The highest BCUT2D eigenvalue weighted by molar-refractivity contribution is 8.01. The van der Waals surface area contributed by atoms with Crippen LogP contribution in [0.3, 0.4) is 0 Å². The van der Waals surface area contributed by atoms with Crippen LogP contribution in [0.4, 0.5) is 5.69 Å². The second-order valence-electron chi connectivity index (χ2n) is 9.95. The minimum atomic E-state index is -1.44. The minimum Gasteiger partial charge on any atom is -0.491 e. The van der Waals surface area contributed by atoms with Gasteiger partial charge in [-0.05, 0) is 68.1 Å². The van der Waals surface area contributed by atoms with Crippen molar-refractivity contribution in [3.63, 3.8) is 0 Å². The normalized spacial score (nSPS) is 29.7. The number of ether oxygens (including phenoxy) is 1. The molecule has 0 spiro atoms. The molecule has 5 atom stereocenters. The van der Waals surface area contributed by atoms with Crippen molar-refractivity contribution in [2.75, 3.05) is 18.8 Å². The van der Waals surface area contributed by atoms with Crippen molar-refractivity contribution < 1.29 is 14.3 Å². The Bertz CT molecular complexity index is 1150. The maximum atomic E-state index is 13.8. The molecule has 2 aromatic rings. The molecular formula is C26H33N5O3S. The number of thioether (sulfide) groups is 1. The number of hydrogen-bond acceptors (Lipinski definition) is 8. The van der Waals surface area contributed by atoms with Crippen molar-refractivity contribution in [2.24, 2.45) is 11.5 Å². The van der Waals surface area contributed by atoms with E-state index in [0.717, 1.165) is 36.4 Å². The first-order chi connectivity index (χ1) is 16.7. The van der Waals surface area contributed by atoms with E-state index in [9.17, 15) is 9.59 Å². The maximum absolute atomic E-state index is 13.8.